The normalized spacial score (nSPS) is 11.2. The van der Waals surface area contributed by atoms with Gasteiger partial charge in [0.1, 0.15) is 0 Å². The molecular weight excluding hydrogens is 284 g/mol. The molecule has 6 nitrogen and oxygen atoms in total. The summed E-state index contributed by atoms with van der Waals surface area (Å²) in [7, 11) is -3.33. The number of benzene rings is 1. The third kappa shape index (κ3) is 2.77. The standard InChI is InChI=1S/C13H10O6S/c1-20(17,18)9-4-2-8(3-5-9)12(14)10-6-7-11(19-10)13(15)16/h2-7H,1H3,(H,15,16). The molecule has 0 aliphatic heterocycles. The van der Waals surface area contributed by atoms with Crippen molar-refractivity contribution in [1.82, 2.24) is 0 Å². The third-order valence-corrected chi connectivity index (χ3v) is 3.71. The highest BCUT2D eigenvalue weighted by atomic mass is 32.2. The predicted octanol–water partition coefficient (Wildman–Crippen LogP) is 1.61. The molecule has 1 N–H and O–H groups in total. The molecule has 20 heavy (non-hydrogen) atoms. The number of hydrogen-bond acceptors (Lipinski definition) is 5. The molecule has 2 aromatic rings. The molecule has 0 radical (unpaired) electrons. The van der Waals surface area contributed by atoms with E-state index >= 15 is 0 Å². The molecule has 104 valence electrons. The van der Waals surface area contributed by atoms with Crippen molar-refractivity contribution < 1.29 is 27.5 Å². The van der Waals surface area contributed by atoms with E-state index in [0.717, 1.165) is 6.26 Å². The summed E-state index contributed by atoms with van der Waals surface area (Å²) in [6.45, 7) is 0. The van der Waals surface area contributed by atoms with E-state index in [-0.39, 0.29) is 22.0 Å². The number of rotatable bonds is 4. The summed E-state index contributed by atoms with van der Waals surface area (Å²) in [6, 6.07) is 7.76. The Bertz CT molecular complexity index is 767. The summed E-state index contributed by atoms with van der Waals surface area (Å²) < 4.78 is 27.5. The largest absolute Gasteiger partial charge is 0.475 e. The highest BCUT2D eigenvalue weighted by Gasteiger charge is 2.17. The van der Waals surface area contributed by atoms with Gasteiger partial charge in [0.15, 0.2) is 15.6 Å². The van der Waals surface area contributed by atoms with E-state index in [9.17, 15) is 18.0 Å². The van der Waals surface area contributed by atoms with Crippen molar-refractivity contribution in [1.29, 1.82) is 0 Å². The maximum absolute atomic E-state index is 12.0. The van der Waals surface area contributed by atoms with Crippen molar-refractivity contribution in [3.8, 4) is 0 Å². The van der Waals surface area contributed by atoms with E-state index in [1.54, 1.807) is 0 Å². The van der Waals surface area contributed by atoms with Crippen LogP contribution in [0.5, 0.6) is 0 Å². The zero-order chi connectivity index (χ0) is 14.9. The average molecular weight is 294 g/mol. The van der Waals surface area contributed by atoms with Crippen LogP contribution in [0.4, 0.5) is 0 Å². The fraction of sp³-hybridized carbons (Fsp3) is 0.0769. The number of carbonyl (C=O) groups excluding carboxylic acids is 1. The van der Waals surface area contributed by atoms with E-state index in [1.807, 2.05) is 0 Å². The second kappa shape index (κ2) is 4.93. The highest BCUT2D eigenvalue weighted by Crippen LogP contribution is 2.16. The minimum Gasteiger partial charge on any atom is -0.475 e. The summed E-state index contributed by atoms with van der Waals surface area (Å²) >= 11 is 0. The number of aromatic carboxylic acids is 1. The van der Waals surface area contributed by atoms with Crippen LogP contribution in [0.2, 0.25) is 0 Å². The molecule has 0 unspecified atom stereocenters. The number of carboxylic acids is 1. The zero-order valence-electron chi connectivity index (χ0n) is 10.4. The maximum Gasteiger partial charge on any atom is 0.371 e. The van der Waals surface area contributed by atoms with Crippen molar-refractivity contribution >= 4 is 21.6 Å². The molecule has 0 spiro atoms. The van der Waals surface area contributed by atoms with Gasteiger partial charge in [0.2, 0.25) is 11.5 Å². The molecule has 7 heteroatoms. The van der Waals surface area contributed by atoms with Crippen molar-refractivity contribution in [3.63, 3.8) is 0 Å². The van der Waals surface area contributed by atoms with Gasteiger partial charge >= 0.3 is 5.97 Å². The number of carboxylic acid groups (broad SMARTS) is 1. The molecule has 1 aromatic heterocycles. The summed E-state index contributed by atoms with van der Waals surface area (Å²) in [5.41, 5.74) is 0.212. The van der Waals surface area contributed by atoms with Crippen molar-refractivity contribution in [3.05, 3.63) is 53.5 Å². The van der Waals surface area contributed by atoms with Crippen molar-refractivity contribution in [2.24, 2.45) is 0 Å². The molecule has 0 bridgehead atoms. The van der Waals surface area contributed by atoms with E-state index in [4.69, 9.17) is 9.52 Å². The van der Waals surface area contributed by atoms with Crippen LogP contribution in [0.3, 0.4) is 0 Å². The SMILES string of the molecule is CS(=O)(=O)c1ccc(C(=O)c2ccc(C(=O)O)o2)cc1. The summed E-state index contributed by atoms with van der Waals surface area (Å²) in [5.74, 6) is -2.23. The molecule has 1 heterocycles. The molecule has 1 aromatic carbocycles. The lowest BCUT2D eigenvalue weighted by molar-refractivity contribution is 0.0660. The van der Waals surface area contributed by atoms with Crippen LogP contribution in [0, 0.1) is 0 Å². The molecule has 0 saturated carbocycles. The fourth-order valence-corrected chi connectivity index (χ4v) is 2.20. The molecule has 0 aliphatic rings. The Labute approximate surface area is 114 Å². The van der Waals surface area contributed by atoms with Gasteiger partial charge in [0, 0.05) is 11.8 Å². The van der Waals surface area contributed by atoms with Crippen molar-refractivity contribution in [2.75, 3.05) is 6.26 Å². The maximum atomic E-state index is 12.0. The second-order valence-electron chi connectivity index (χ2n) is 4.09. The smallest absolute Gasteiger partial charge is 0.371 e. The summed E-state index contributed by atoms with van der Waals surface area (Å²) in [6.07, 6.45) is 1.06. The van der Waals surface area contributed by atoms with Gasteiger partial charge in [-0.05, 0) is 36.4 Å². The first-order chi connectivity index (χ1) is 9.29. The Balaban J connectivity index is 2.31. The lowest BCUT2D eigenvalue weighted by Gasteiger charge is -2.00. The van der Waals surface area contributed by atoms with Gasteiger partial charge in [0.25, 0.3) is 0 Å². The first kappa shape index (κ1) is 14.0. The lowest BCUT2D eigenvalue weighted by atomic mass is 10.1. The Hall–Kier alpha value is -2.41. The van der Waals surface area contributed by atoms with E-state index in [2.05, 4.69) is 0 Å². The van der Waals surface area contributed by atoms with Crippen LogP contribution in [0.15, 0.2) is 45.7 Å². The third-order valence-electron chi connectivity index (χ3n) is 2.59. The van der Waals surface area contributed by atoms with Crippen LogP contribution >= 0.6 is 0 Å². The predicted molar refractivity (Wildman–Crippen MR) is 68.7 cm³/mol. The number of sulfone groups is 1. The number of hydrogen-bond donors (Lipinski definition) is 1. The average Bonchev–Trinajstić information content (AvgIpc) is 2.86. The van der Waals surface area contributed by atoms with E-state index in [1.165, 1.54) is 36.4 Å². The minimum atomic E-state index is -3.33. The number of ketones is 1. The molecule has 0 atom stereocenters. The molecule has 0 amide bonds. The summed E-state index contributed by atoms with van der Waals surface area (Å²) in [4.78, 5) is 22.8. The quantitative estimate of drug-likeness (QED) is 0.859. The Morgan fingerprint density at radius 3 is 2.00 bits per heavy atom. The van der Waals surface area contributed by atoms with E-state index in [0.29, 0.717) is 0 Å². The van der Waals surface area contributed by atoms with Gasteiger partial charge in [0.05, 0.1) is 4.90 Å². The Morgan fingerprint density at radius 2 is 1.55 bits per heavy atom. The molecule has 0 saturated heterocycles. The minimum absolute atomic E-state index is 0.0970. The second-order valence-corrected chi connectivity index (χ2v) is 6.11. The molecule has 0 fully saturated rings. The Morgan fingerprint density at radius 1 is 1.00 bits per heavy atom. The topological polar surface area (TPSA) is 102 Å². The summed E-state index contributed by atoms with van der Waals surface area (Å²) in [5, 5.41) is 8.70. The molecular formula is C13H10O6S. The van der Waals surface area contributed by atoms with Crippen molar-refractivity contribution in [2.45, 2.75) is 4.90 Å². The van der Waals surface area contributed by atoms with Crippen LogP contribution in [0.1, 0.15) is 26.7 Å². The number of furan rings is 1. The first-order valence-electron chi connectivity index (χ1n) is 5.47. The molecule has 2 rings (SSSR count). The van der Waals surface area contributed by atoms with Crippen LogP contribution in [0.25, 0.3) is 0 Å². The van der Waals surface area contributed by atoms with Gasteiger partial charge in [-0.25, -0.2) is 13.2 Å². The van der Waals surface area contributed by atoms with Gasteiger partial charge in [-0.1, -0.05) is 0 Å². The van der Waals surface area contributed by atoms with Crippen LogP contribution in [-0.2, 0) is 9.84 Å². The molecule has 0 aliphatic carbocycles. The van der Waals surface area contributed by atoms with Gasteiger partial charge in [-0.2, -0.15) is 0 Å². The highest BCUT2D eigenvalue weighted by molar-refractivity contribution is 7.90. The first-order valence-corrected chi connectivity index (χ1v) is 7.36. The van der Waals surface area contributed by atoms with Gasteiger partial charge < -0.3 is 9.52 Å². The van der Waals surface area contributed by atoms with E-state index < -0.39 is 21.6 Å². The van der Waals surface area contributed by atoms with Crippen LogP contribution in [-0.4, -0.2) is 31.5 Å². The monoisotopic (exact) mass is 294 g/mol. The number of carbonyl (C=O) groups is 2. The fourth-order valence-electron chi connectivity index (χ4n) is 1.57. The van der Waals surface area contributed by atoms with Gasteiger partial charge in [-0.15, -0.1) is 0 Å². The zero-order valence-corrected chi connectivity index (χ0v) is 11.2. The lowest BCUT2D eigenvalue weighted by Crippen LogP contribution is -2.02. The van der Waals surface area contributed by atoms with Crippen LogP contribution < -0.4 is 0 Å². The van der Waals surface area contributed by atoms with Gasteiger partial charge in [-0.3, -0.25) is 4.79 Å². The Kier molecular flexibility index (Phi) is 3.46.